The quantitative estimate of drug-likeness (QED) is 0.918. The summed E-state index contributed by atoms with van der Waals surface area (Å²) in [6.07, 6.45) is 1.16. The van der Waals surface area contributed by atoms with Crippen molar-refractivity contribution in [1.82, 2.24) is 4.90 Å². The number of nitrogens with zero attached hydrogens (tertiary/aromatic N) is 2. The topological polar surface area (TPSA) is 56.1 Å². The second-order valence-electron chi connectivity index (χ2n) is 5.72. The fourth-order valence-electron chi connectivity index (χ4n) is 2.52. The third kappa shape index (κ3) is 3.82. The van der Waals surface area contributed by atoms with Crippen molar-refractivity contribution in [3.05, 3.63) is 29.8 Å². The molecule has 4 nitrogen and oxygen atoms in total. The zero-order chi connectivity index (χ0) is 14.5. The standard InChI is InChI=1S/C16H21N3O/c1-12-7-8-19(10-13(12)2)11-16(20)18-15-5-3-14(9-17)4-6-15/h3-6,12-13H,7-8,10-11H2,1-2H3,(H,18,20). The first kappa shape index (κ1) is 14.5. The Kier molecular flexibility index (Phi) is 4.75. The summed E-state index contributed by atoms with van der Waals surface area (Å²) in [5, 5.41) is 11.6. The number of amides is 1. The monoisotopic (exact) mass is 271 g/mol. The number of rotatable bonds is 3. The summed E-state index contributed by atoms with van der Waals surface area (Å²) < 4.78 is 0. The molecule has 1 aromatic carbocycles. The lowest BCUT2D eigenvalue weighted by Crippen LogP contribution is -2.42. The smallest absolute Gasteiger partial charge is 0.238 e. The van der Waals surface area contributed by atoms with Crippen molar-refractivity contribution in [2.24, 2.45) is 11.8 Å². The van der Waals surface area contributed by atoms with Gasteiger partial charge < -0.3 is 5.32 Å². The molecule has 2 rings (SSSR count). The van der Waals surface area contributed by atoms with E-state index in [1.807, 2.05) is 0 Å². The van der Waals surface area contributed by atoms with E-state index in [1.54, 1.807) is 24.3 Å². The zero-order valence-electron chi connectivity index (χ0n) is 12.1. The Balaban J connectivity index is 1.84. The summed E-state index contributed by atoms with van der Waals surface area (Å²) in [4.78, 5) is 14.2. The van der Waals surface area contributed by atoms with Crippen molar-refractivity contribution in [2.45, 2.75) is 20.3 Å². The van der Waals surface area contributed by atoms with Gasteiger partial charge in [0, 0.05) is 12.2 Å². The molecule has 1 aromatic rings. The lowest BCUT2D eigenvalue weighted by molar-refractivity contribution is -0.117. The molecular weight excluding hydrogens is 250 g/mol. The van der Waals surface area contributed by atoms with Crippen LogP contribution in [0.4, 0.5) is 5.69 Å². The number of carbonyl (C=O) groups is 1. The summed E-state index contributed by atoms with van der Waals surface area (Å²) in [5.41, 5.74) is 1.34. The number of piperidine rings is 1. The third-order valence-corrected chi connectivity index (χ3v) is 4.08. The maximum atomic E-state index is 12.0. The molecule has 1 fully saturated rings. The van der Waals surface area contributed by atoms with Crippen molar-refractivity contribution < 1.29 is 4.79 Å². The van der Waals surface area contributed by atoms with E-state index in [4.69, 9.17) is 5.26 Å². The molecule has 0 aliphatic carbocycles. The molecule has 20 heavy (non-hydrogen) atoms. The van der Waals surface area contributed by atoms with Crippen LogP contribution in [0.1, 0.15) is 25.8 Å². The van der Waals surface area contributed by atoms with Gasteiger partial charge in [0.15, 0.2) is 0 Å². The van der Waals surface area contributed by atoms with E-state index in [-0.39, 0.29) is 5.91 Å². The van der Waals surface area contributed by atoms with E-state index in [9.17, 15) is 4.79 Å². The molecule has 2 atom stereocenters. The summed E-state index contributed by atoms with van der Waals surface area (Å²) in [6, 6.07) is 9.00. The normalized spacial score (nSPS) is 23.1. The Morgan fingerprint density at radius 3 is 2.65 bits per heavy atom. The number of hydrogen-bond acceptors (Lipinski definition) is 3. The number of likely N-dealkylation sites (tertiary alicyclic amines) is 1. The summed E-state index contributed by atoms with van der Waals surface area (Å²) >= 11 is 0. The summed E-state index contributed by atoms with van der Waals surface area (Å²) in [5.74, 6) is 1.40. The van der Waals surface area contributed by atoms with E-state index in [0.29, 0.717) is 18.0 Å². The first-order valence-electron chi connectivity index (χ1n) is 7.11. The maximum Gasteiger partial charge on any atom is 0.238 e. The van der Waals surface area contributed by atoms with Gasteiger partial charge >= 0.3 is 0 Å². The molecule has 1 heterocycles. The van der Waals surface area contributed by atoms with Crippen LogP contribution in [-0.2, 0) is 4.79 Å². The molecular formula is C16H21N3O. The molecule has 1 aliphatic rings. The Labute approximate surface area is 120 Å². The second-order valence-corrected chi connectivity index (χ2v) is 5.72. The SMILES string of the molecule is CC1CCN(CC(=O)Nc2ccc(C#N)cc2)CC1C. The lowest BCUT2D eigenvalue weighted by atomic mass is 9.89. The average Bonchev–Trinajstić information content (AvgIpc) is 2.44. The fraction of sp³-hybridized carbons (Fsp3) is 0.500. The minimum atomic E-state index is 0.0106. The largest absolute Gasteiger partial charge is 0.325 e. The van der Waals surface area contributed by atoms with Gasteiger partial charge in [0.2, 0.25) is 5.91 Å². The van der Waals surface area contributed by atoms with Crippen LogP contribution in [0, 0.1) is 23.2 Å². The van der Waals surface area contributed by atoms with Crippen molar-refractivity contribution in [1.29, 1.82) is 5.26 Å². The van der Waals surface area contributed by atoms with Gasteiger partial charge in [0.25, 0.3) is 0 Å². The summed E-state index contributed by atoms with van der Waals surface area (Å²) in [7, 11) is 0. The number of nitriles is 1. The molecule has 4 heteroatoms. The van der Waals surface area contributed by atoms with E-state index >= 15 is 0 Å². The van der Waals surface area contributed by atoms with Crippen LogP contribution in [0.3, 0.4) is 0 Å². The van der Waals surface area contributed by atoms with Gasteiger partial charge in [-0.15, -0.1) is 0 Å². The van der Waals surface area contributed by atoms with Gasteiger partial charge in [0.1, 0.15) is 0 Å². The fourth-order valence-corrected chi connectivity index (χ4v) is 2.52. The average molecular weight is 271 g/mol. The number of nitrogens with one attached hydrogen (secondary N) is 1. The number of benzene rings is 1. The van der Waals surface area contributed by atoms with Gasteiger partial charge in [-0.3, -0.25) is 9.69 Å². The highest BCUT2D eigenvalue weighted by atomic mass is 16.2. The number of carbonyl (C=O) groups excluding carboxylic acids is 1. The van der Waals surface area contributed by atoms with Crippen LogP contribution < -0.4 is 5.32 Å². The van der Waals surface area contributed by atoms with Crippen LogP contribution in [0.2, 0.25) is 0 Å². The van der Waals surface area contributed by atoms with Gasteiger partial charge in [-0.25, -0.2) is 0 Å². The van der Waals surface area contributed by atoms with Crippen LogP contribution in [0.25, 0.3) is 0 Å². The second kappa shape index (κ2) is 6.53. The minimum Gasteiger partial charge on any atom is -0.325 e. The minimum absolute atomic E-state index is 0.0106. The highest BCUT2D eigenvalue weighted by Gasteiger charge is 2.23. The summed E-state index contributed by atoms with van der Waals surface area (Å²) in [6.45, 7) is 6.94. The van der Waals surface area contributed by atoms with Gasteiger partial charge in [0.05, 0.1) is 18.2 Å². The van der Waals surface area contributed by atoms with Crippen LogP contribution in [0.15, 0.2) is 24.3 Å². The molecule has 1 saturated heterocycles. The van der Waals surface area contributed by atoms with E-state index < -0.39 is 0 Å². The Bertz CT molecular complexity index is 503. The van der Waals surface area contributed by atoms with E-state index in [0.717, 1.165) is 31.1 Å². The lowest BCUT2D eigenvalue weighted by Gasteiger charge is -2.34. The van der Waals surface area contributed by atoms with E-state index in [2.05, 4.69) is 30.1 Å². The Hall–Kier alpha value is -1.86. The molecule has 0 aromatic heterocycles. The maximum absolute atomic E-state index is 12.0. The Morgan fingerprint density at radius 2 is 2.05 bits per heavy atom. The molecule has 1 N–H and O–H groups in total. The highest BCUT2D eigenvalue weighted by Crippen LogP contribution is 2.22. The first-order chi connectivity index (χ1) is 9.58. The molecule has 2 unspecified atom stereocenters. The number of anilines is 1. The molecule has 0 spiro atoms. The molecule has 1 amide bonds. The molecule has 0 saturated carbocycles. The highest BCUT2D eigenvalue weighted by molar-refractivity contribution is 5.92. The van der Waals surface area contributed by atoms with Gasteiger partial charge in [-0.05, 0) is 49.1 Å². The van der Waals surface area contributed by atoms with Gasteiger partial charge in [-0.1, -0.05) is 13.8 Å². The first-order valence-corrected chi connectivity index (χ1v) is 7.11. The van der Waals surface area contributed by atoms with Crippen LogP contribution in [0.5, 0.6) is 0 Å². The zero-order valence-corrected chi connectivity index (χ0v) is 12.1. The molecule has 0 radical (unpaired) electrons. The van der Waals surface area contributed by atoms with Crippen molar-refractivity contribution >= 4 is 11.6 Å². The predicted molar refractivity (Wildman–Crippen MR) is 79.2 cm³/mol. The van der Waals surface area contributed by atoms with Gasteiger partial charge in [-0.2, -0.15) is 5.26 Å². The molecule has 0 bridgehead atoms. The molecule has 1 aliphatic heterocycles. The van der Waals surface area contributed by atoms with Crippen LogP contribution in [-0.4, -0.2) is 30.4 Å². The van der Waals surface area contributed by atoms with E-state index in [1.165, 1.54) is 0 Å². The third-order valence-electron chi connectivity index (χ3n) is 4.08. The number of hydrogen-bond donors (Lipinski definition) is 1. The van der Waals surface area contributed by atoms with Crippen LogP contribution >= 0.6 is 0 Å². The molecule has 106 valence electrons. The predicted octanol–water partition coefficient (Wildman–Crippen LogP) is 2.47. The Morgan fingerprint density at radius 1 is 1.35 bits per heavy atom. The van der Waals surface area contributed by atoms with Crippen molar-refractivity contribution in [3.63, 3.8) is 0 Å². The van der Waals surface area contributed by atoms with Crippen molar-refractivity contribution in [3.8, 4) is 6.07 Å². The van der Waals surface area contributed by atoms with Crippen molar-refractivity contribution in [2.75, 3.05) is 25.0 Å².